The summed E-state index contributed by atoms with van der Waals surface area (Å²) in [5.74, 6) is 0. The van der Waals surface area contributed by atoms with Crippen LogP contribution in [-0.4, -0.2) is 0 Å². The van der Waals surface area contributed by atoms with Gasteiger partial charge in [-0.3, -0.25) is 0 Å². The van der Waals surface area contributed by atoms with E-state index < -0.39 is 0 Å². The zero-order valence-corrected chi connectivity index (χ0v) is 23.9. The van der Waals surface area contributed by atoms with Crippen LogP contribution in [0.15, 0.2) is 0 Å². The molecule has 0 aliphatic carbocycles. The van der Waals surface area contributed by atoms with E-state index in [0.29, 0.717) is 0 Å². The Morgan fingerprint density at radius 1 is 0.0667 bits per heavy atom. The van der Waals surface area contributed by atoms with E-state index >= 15 is 0 Å². The molecular formula is H87N29Y. The van der Waals surface area contributed by atoms with Gasteiger partial charge in [-0.05, 0) is 0 Å². The summed E-state index contributed by atoms with van der Waals surface area (Å²) in [7, 11) is 0. The standard InChI is InChI=1S/29H3N.Y/h29*1H3;. The molecule has 0 aliphatic heterocycles. The van der Waals surface area contributed by atoms with Gasteiger partial charge in [-0.15, -0.1) is 0 Å². The maximum atomic E-state index is 0. The molecule has 0 unspecified atom stereocenters. The van der Waals surface area contributed by atoms with Crippen molar-refractivity contribution >= 4 is 0 Å². The molecule has 0 aromatic carbocycles. The van der Waals surface area contributed by atoms with Crippen LogP contribution < -0.4 is 178 Å². The molecule has 87 N–H and O–H groups in total. The van der Waals surface area contributed by atoms with E-state index in [1.165, 1.54) is 0 Å². The molecule has 0 aromatic rings. The Hall–Kier alpha value is -0.0561. The van der Waals surface area contributed by atoms with Crippen LogP contribution in [0.1, 0.15) is 0 Å². The predicted octanol–water partition coefficient (Wildman–Crippen LogP) is 4.70. The Morgan fingerprint density at radius 2 is 0.0667 bits per heavy atom. The second-order valence-corrected chi connectivity index (χ2v) is 0. The Bertz CT molecular complexity index is 6.33. The van der Waals surface area contributed by atoms with Crippen molar-refractivity contribution in [3.63, 3.8) is 0 Å². The van der Waals surface area contributed by atoms with Gasteiger partial charge in [0, 0.05) is 32.7 Å². The maximum Gasteiger partial charge on any atom is 0 e. The largest absolute Gasteiger partial charge is 0.344 e. The van der Waals surface area contributed by atoms with E-state index in [1.807, 2.05) is 0 Å². The monoisotopic (exact) mass is 583 g/mol. The van der Waals surface area contributed by atoms with Crippen LogP contribution in [0.5, 0.6) is 0 Å². The van der Waals surface area contributed by atoms with Gasteiger partial charge in [-0.2, -0.15) is 0 Å². The van der Waals surface area contributed by atoms with E-state index in [2.05, 4.69) is 0 Å². The number of hydrogen-bond acceptors (Lipinski definition) is 29. The first-order chi connectivity index (χ1) is 0. The summed E-state index contributed by atoms with van der Waals surface area (Å²) >= 11 is 0. The zero-order valence-electron chi connectivity index (χ0n) is 21.1. The van der Waals surface area contributed by atoms with Crippen molar-refractivity contribution in [3.05, 3.63) is 0 Å². The Balaban J connectivity index is 0. The fourth-order valence-electron chi connectivity index (χ4n) is 0. The molecule has 0 saturated carbocycles. The topological polar surface area (TPSA) is 1020 Å². The van der Waals surface area contributed by atoms with Crippen molar-refractivity contribution in [2.45, 2.75) is 0 Å². The Morgan fingerprint density at radius 3 is 0.0667 bits per heavy atom. The molecule has 0 atom stereocenters. The van der Waals surface area contributed by atoms with Crippen LogP contribution in [0.3, 0.4) is 0 Å². The SMILES string of the molecule is N.N.N.N.N.N.N.N.N.N.N.N.N.N.N.N.N.N.N.N.N.N.N.N.N.N.N.N.N.[Y]. The smallest absolute Gasteiger partial charge is 0 e. The molecular weight excluding hydrogens is 495 g/mol. The average Bonchev–Trinajstić information content (AvgIpc) is 0. The zero-order chi connectivity index (χ0) is 0. The molecule has 1 radical (unpaired) electrons. The molecule has 0 saturated heterocycles. The van der Waals surface area contributed by atoms with E-state index in [4.69, 9.17) is 0 Å². The molecule has 29 nitrogen and oxygen atoms in total. The number of hydrogen-bond donors (Lipinski definition) is 29. The predicted molar refractivity (Wildman–Crippen MR) is 146 cm³/mol. The molecule has 0 heterocycles. The third-order valence-corrected chi connectivity index (χ3v) is 0. The molecule has 0 rings (SSSR count). The molecule has 30 heavy (non-hydrogen) atoms. The third kappa shape index (κ3) is 6440000. The molecule has 0 spiro atoms. The molecule has 0 bridgehead atoms. The summed E-state index contributed by atoms with van der Waals surface area (Å²) in [6.45, 7) is 0. The van der Waals surface area contributed by atoms with E-state index in [-0.39, 0.29) is 211 Å². The first kappa shape index (κ1) is 7970000. The second kappa shape index (κ2) is 7180000. The minimum atomic E-state index is 0. The van der Waals surface area contributed by atoms with Crippen LogP contribution in [0.2, 0.25) is 0 Å². The van der Waals surface area contributed by atoms with Crippen LogP contribution in [0, 0.1) is 0 Å². The molecule has 235 valence electrons. The van der Waals surface area contributed by atoms with E-state index in [0.717, 1.165) is 0 Å². The first-order valence-electron chi connectivity index (χ1n) is 0. The van der Waals surface area contributed by atoms with Gasteiger partial charge in [0.2, 0.25) is 0 Å². The van der Waals surface area contributed by atoms with Crippen molar-refractivity contribution in [1.29, 1.82) is 0 Å². The Labute approximate surface area is 211 Å². The first-order valence-corrected chi connectivity index (χ1v) is 0. The van der Waals surface area contributed by atoms with Gasteiger partial charge in [0.25, 0.3) is 0 Å². The van der Waals surface area contributed by atoms with Gasteiger partial charge in [0.1, 0.15) is 0 Å². The average molecular weight is 583 g/mol. The maximum absolute atomic E-state index is 0. The molecule has 0 aromatic heterocycles. The fourth-order valence-corrected chi connectivity index (χ4v) is 0. The van der Waals surface area contributed by atoms with Crippen LogP contribution in [0.4, 0.5) is 0 Å². The summed E-state index contributed by atoms with van der Waals surface area (Å²) in [5.41, 5.74) is 0. The van der Waals surface area contributed by atoms with Gasteiger partial charge in [0.15, 0.2) is 0 Å². The van der Waals surface area contributed by atoms with Gasteiger partial charge >= 0.3 is 0 Å². The Kier molecular flexibility index (Phi) is 1910000000000. The molecule has 0 aliphatic rings. The van der Waals surface area contributed by atoms with Gasteiger partial charge in [0.05, 0.1) is 0 Å². The van der Waals surface area contributed by atoms with Crippen molar-refractivity contribution in [2.24, 2.45) is 0 Å². The van der Waals surface area contributed by atoms with Crippen LogP contribution >= 0.6 is 0 Å². The third-order valence-electron chi connectivity index (χ3n) is 0. The van der Waals surface area contributed by atoms with Crippen molar-refractivity contribution in [2.75, 3.05) is 0 Å². The van der Waals surface area contributed by atoms with E-state index in [9.17, 15) is 0 Å². The van der Waals surface area contributed by atoms with Crippen molar-refractivity contribution in [1.82, 2.24) is 178 Å². The normalized spacial score (nSPS) is 0. The quantitative estimate of drug-likeness (QED) is 0.184. The molecule has 30 heteroatoms. The van der Waals surface area contributed by atoms with Gasteiger partial charge in [-0.25, -0.2) is 0 Å². The minimum Gasteiger partial charge on any atom is -0.344 e. The summed E-state index contributed by atoms with van der Waals surface area (Å²) in [5, 5.41) is 0. The van der Waals surface area contributed by atoms with Crippen molar-refractivity contribution in [3.8, 4) is 0 Å². The van der Waals surface area contributed by atoms with Crippen LogP contribution in [-0.2, 0) is 32.7 Å². The van der Waals surface area contributed by atoms with Crippen LogP contribution in [0.25, 0.3) is 0 Å². The summed E-state index contributed by atoms with van der Waals surface area (Å²) in [6, 6.07) is 0. The summed E-state index contributed by atoms with van der Waals surface area (Å²) < 4.78 is 0. The second-order valence-electron chi connectivity index (χ2n) is 0. The van der Waals surface area contributed by atoms with Gasteiger partial charge < -0.3 is 178 Å². The summed E-state index contributed by atoms with van der Waals surface area (Å²) in [4.78, 5) is 0. The fraction of sp³-hybridized carbons (Fsp3) is 0. The van der Waals surface area contributed by atoms with Gasteiger partial charge in [-0.1, -0.05) is 0 Å². The van der Waals surface area contributed by atoms with Crippen molar-refractivity contribution < 1.29 is 32.7 Å². The molecule has 0 fully saturated rings. The molecule has 0 amide bonds. The summed E-state index contributed by atoms with van der Waals surface area (Å²) in [6.07, 6.45) is 0. The minimum absolute atomic E-state index is 0. The van der Waals surface area contributed by atoms with E-state index in [1.54, 1.807) is 0 Å². The number of rotatable bonds is 0.